The highest BCUT2D eigenvalue weighted by Crippen LogP contribution is 2.40. The van der Waals surface area contributed by atoms with E-state index in [0.717, 1.165) is 0 Å². The second-order valence-electron chi connectivity index (χ2n) is 7.62. The summed E-state index contributed by atoms with van der Waals surface area (Å²) in [6.07, 6.45) is 7.12. The zero-order valence-corrected chi connectivity index (χ0v) is 20.4. The van der Waals surface area contributed by atoms with Crippen molar-refractivity contribution in [1.29, 1.82) is 0 Å². The van der Waals surface area contributed by atoms with Crippen molar-refractivity contribution in [3.05, 3.63) is 67.4 Å². The highest BCUT2D eigenvalue weighted by Gasteiger charge is 2.19. The summed E-state index contributed by atoms with van der Waals surface area (Å²) in [5.41, 5.74) is 1.49. The van der Waals surface area contributed by atoms with E-state index < -0.39 is 22.3 Å². The van der Waals surface area contributed by atoms with Crippen LogP contribution >= 0.6 is 0 Å². The monoisotopic (exact) mass is 540 g/mol. The summed E-state index contributed by atoms with van der Waals surface area (Å²) in [6.45, 7) is -1.60. The Labute approximate surface area is 214 Å². The lowest BCUT2D eigenvalue weighted by Crippen LogP contribution is -2.05. The number of pyridine rings is 2. The predicted molar refractivity (Wildman–Crippen MR) is 130 cm³/mol. The number of hydrogen-bond donors (Lipinski definition) is 1. The van der Waals surface area contributed by atoms with E-state index in [0.29, 0.717) is 22.6 Å². The first-order valence-electron chi connectivity index (χ1n) is 11.1. The van der Waals surface area contributed by atoms with Crippen LogP contribution in [0, 0.1) is 0 Å². The normalized spacial score (nSPS) is 11.6. The first kappa shape index (κ1) is 25.0. The quantitative estimate of drug-likeness (QED) is 0.277. The van der Waals surface area contributed by atoms with Gasteiger partial charge in [0.25, 0.3) is 5.88 Å². The molecule has 1 N–H and O–H groups in total. The van der Waals surface area contributed by atoms with Gasteiger partial charge in [-0.25, -0.2) is 28.4 Å². The molecule has 0 saturated heterocycles. The third-order valence-electron chi connectivity index (χ3n) is 5.15. The number of alkyl halides is 2. The van der Waals surface area contributed by atoms with E-state index in [1.807, 2.05) is 0 Å². The third-order valence-corrected chi connectivity index (χ3v) is 6.78. The summed E-state index contributed by atoms with van der Waals surface area (Å²) in [7, 11) is -3.50. The minimum atomic E-state index is -3.50. The average Bonchev–Trinajstić information content (AvgIpc) is 3.33. The molecular formula is C24H18F2N6O5S. The maximum atomic E-state index is 12.9. The number of rotatable bonds is 9. The highest BCUT2D eigenvalue weighted by molar-refractivity contribution is 7.91. The lowest BCUT2D eigenvalue weighted by Gasteiger charge is -2.14. The van der Waals surface area contributed by atoms with Crippen molar-refractivity contribution >= 4 is 20.9 Å². The number of H-pyrrole nitrogens is 1. The molecule has 4 aromatic heterocycles. The molecule has 1 aromatic carbocycles. The van der Waals surface area contributed by atoms with Gasteiger partial charge in [-0.3, -0.25) is 4.98 Å². The number of nitrogens with zero attached hydrogens (tertiary/aromatic N) is 5. The van der Waals surface area contributed by atoms with Crippen molar-refractivity contribution in [3.63, 3.8) is 0 Å². The predicted octanol–water partition coefficient (Wildman–Crippen LogP) is 4.79. The summed E-state index contributed by atoms with van der Waals surface area (Å²) in [5, 5.41) is -0.0920. The van der Waals surface area contributed by atoms with Crippen molar-refractivity contribution in [3.8, 4) is 40.4 Å². The molecule has 0 fully saturated rings. The fourth-order valence-corrected chi connectivity index (χ4v) is 4.14. The fourth-order valence-electron chi connectivity index (χ4n) is 3.35. The maximum absolute atomic E-state index is 12.9. The largest absolute Gasteiger partial charge is 0.452 e. The van der Waals surface area contributed by atoms with Gasteiger partial charge < -0.3 is 19.2 Å². The van der Waals surface area contributed by atoms with Crippen molar-refractivity contribution in [2.45, 2.75) is 18.6 Å². The van der Waals surface area contributed by atoms with Gasteiger partial charge in [0.15, 0.2) is 37.9 Å². The number of ether oxygens (including phenoxy) is 3. The van der Waals surface area contributed by atoms with Crippen molar-refractivity contribution in [1.82, 2.24) is 29.9 Å². The number of benzene rings is 1. The fraction of sp³-hybridized carbons (Fsp3) is 0.125. The number of imidazole rings is 1. The molecule has 14 heteroatoms. The molecular weight excluding hydrogens is 522 g/mol. The second kappa shape index (κ2) is 10.3. The van der Waals surface area contributed by atoms with Crippen molar-refractivity contribution < 1.29 is 31.4 Å². The van der Waals surface area contributed by atoms with E-state index in [4.69, 9.17) is 9.47 Å². The van der Waals surface area contributed by atoms with E-state index in [-0.39, 0.29) is 33.8 Å². The van der Waals surface area contributed by atoms with Gasteiger partial charge in [0.2, 0.25) is 0 Å². The number of nitrogens with one attached hydrogen (secondary N) is 1. The van der Waals surface area contributed by atoms with Gasteiger partial charge in [0.05, 0.1) is 29.2 Å². The van der Waals surface area contributed by atoms with Gasteiger partial charge >= 0.3 is 6.61 Å². The van der Waals surface area contributed by atoms with Crippen LogP contribution in [-0.4, -0.2) is 50.7 Å². The minimum Gasteiger partial charge on any atom is -0.452 e. The van der Waals surface area contributed by atoms with Crippen LogP contribution in [0.4, 0.5) is 8.78 Å². The molecule has 0 spiro atoms. The smallest absolute Gasteiger partial charge is 0.388 e. The molecule has 4 heterocycles. The van der Waals surface area contributed by atoms with E-state index in [1.165, 1.54) is 68.2 Å². The molecule has 38 heavy (non-hydrogen) atoms. The van der Waals surface area contributed by atoms with Crippen molar-refractivity contribution in [2.75, 3.05) is 5.75 Å². The summed E-state index contributed by atoms with van der Waals surface area (Å²) >= 11 is 0. The lowest BCUT2D eigenvalue weighted by molar-refractivity contribution is -0.0541. The van der Waals surface area contributed by atoms with Crippen molar-refractivity contribution in [2.24, 2.45) is 0 Å². The van der Waals surface area contributed by atoms with Gasteiger partial charge in [-0.15, -0.1) is 0 Å². The van der Waals surface area contributed by atoms with Crippen LogP contribution in [0.5, 0.6) is 28.9 Å². The summed E-state index contributed by atoms with van der Waals surface area (Å²) < 4.78 is 66.3. The first-order chi connectivity index (χ1) is 18.3. The number of hydrogen-bond acceptors (Lipinski definition) is 10. The van der Waals surface area contributed by atoms with E-state index in [1.54, 1.807) is 6.07 Å². The van der Waals surface area contributed by atoms with Gasteiger partial charge in [-0.05, 0) is 24.3 Å². The maximum Gasteiger partial charge on any atom is 0.388 e. The Morgan fingerprint density at radius 1 is 0.947 bits per heavy atom. The van der Waals surface area contributed by atoms with E-state index >= 15 is 0 Å². The third kappa shape index (κ3) is 5.34. The van der Waals surface area contributed by atoms with Crippen LogP contribution in [0.2, 0.25) is 0 Å². The van der Waals surface area contributed by atoms with Gasteiger partial charge in [-0.1, -0.05) is 6.92 Å². The standard InChI is InChI=1S/C24H18F2N6O5S/c1-2-38(33,34)21-6-5-14(12-30-21)35-19-10-15-16(32-22(31-15)17-13-27-8-9-28-17)11-20(19)36-18-4-3-7-29-23(18)37-24(25)26/h3-13,24H,2H2,1H3,(H,31,32). The van der Waals surface area contributed by atoms with Crippen LogP contribution in [0.25, 0.3) is 22.6 Å². The van der Waals surface area contributed by atoms with Crippen LogP contribution < -0.4 is 14.2 Å². The first-order valence-corrected chi connectivity index (χ1v) is 12.7. The Hall–Kier alpha value is -4.72. The SMILES string of the molecule is CCS(=O)(=O)c1ccc(Oc2cc3[nH]c(-c4cnccn4)nc3cc2Oc2cccnc2OC(F)F)cn1. The Morgan fingerprint density at radius 2 is 1.79 bits per heavy atom. The Balaban J connectivity index is 1.56. The number of fused-ring (bicyclic) bond motifs is 1. The summed E-state index contributed by atoms with van der Waals surface area (Å²) in [5.74, 6) is 0.245. The van der Waals surface area contributed by atoms with Crippen LogP contribution in [-0.2, 0) is 9.84 Å². The molecule has 0 bridgehead atoms. The van der Waals surface area contributed by atoms with E-state index in [9.17, 15) is 17.2 Å². The van der Waals surface area contributed by atoms with Gasteiger partial charge in [-0.2, -0.15) is 8.78 Å². The topological polar surface area (TPSA) is 142 Å². The summed E-state index contributed by atoms with van der Waals surface area (Å²) in [4.78, 5) is 23.7. The molecule has 5 aromatic rings. The molecule has 0 radical (unpaired) electrons. The summed E-state index contributed by atoms with van der Waals surface area (Å²) in [6, 6.07) is 8.77. The molecule has 0 aliphatic rings. The molecule has 0 saturated carbocycles. The molecule has 0 amide bonds. The molecule has 11 nitrogen and oxygen atoms in total. The molecule has 0 aliphatic carbocycles. The second-order valence-corrected chi connectivity index (χ2v) is 9.84. The number of halogens is 2. The Morgan fingerprint density at radius 3 is 2.50 bits per heavy atom. The van der Waals surface area contributed by atoms with Crippen LogP contribution in [0.1, 0.15) is 6.92 Å². The van der Waals surface area contributed by atoms with Crippen LogP contribution in [0.3, 0.4) is 0 Å². The number of aromatic nitrogens is 6. The average molecular weight is 541 g/mol. The minimum absolute atomic E-state index is 0.0899. The van der Waals surface area contributed by atoms with Crippen LogP contribution in [0.15, 0.2) is 72.4 Å². The number of aromatic amines is 1. The van der Waals surface area contributed by atoms with Gasteiger partial charge in [0.1, 0.15) is 11.4 Å². The van der Waals surface area contributed by atoms with E-state index in [2.05, 4.69) is 34.6 Å². The molecule has 194 valence electrons. The molecule has 0 unspecified atom stereocenters. The molecule has 0 atom stereocenters. The Kier molecular flexibility index (Phi) is 6.79. The molecule has 5 rings (SSSR count). The highest BCUT2D eigenvalue weighted by atomic mass is 32.2. The number of sulfone groups is 1. The zero-order valence-electron chi connectivity index (χ0n) is 19.6. The molecule has 0 aliphatic heterocycles. The zero-order chi connectivity index (χ0) is 26.7. The lowest BCUT2D eigenvalue weighted by atomic mass is 10.2. The van der Waals surface area contributed by atoms with Gasteiger partial charge in [0, 0.05) is 30.7 Å². The Bertz CT molecular complexity index is 1680.